The first-order chi connectivity index (χ1) is 12.4. The van der Waals surface area contributed by atoms with Gasteiger partial charge in [0.05, 0.1) is 0 Å². The summed E-state index contributed by atoms with van der Waals surface area (Å²) < 4.78 is 138. The summed E-state index contributed by atoms with van der Waals surface area (Å²) in [5.41, 5.74) is -1.66. The Balaban J connectivity index is 1.67. The van der Waals surface area contributed by atoms with E-state index in [-0.39, 0.29) is 36.5 Å². The van der Waals surface area contributed by atoms with E-state index >= 15 is 0 Å². The van der Waals surface area contributed by atoms with Gasteiger partial charge in [-0.25, -0.2) is 13.1 Å². The zero-order chi connectivity index (χ0) is 21.2. The van der Waals surface area contributed by atoms with Gasteiger partial charge in [-0.1, -0.05) is 0 Å². The van der Waals surface area contributed by atoms with E-state index in [1.54, 1.807) is 4.72 Å². The lowest BCUT2D eigenvalue weighted by Gasteiger charge is -2.49. The molecule has 4 saturated carbocycles. The Morgan fingerprint density at radius 3 is 2.04 bits per heavy atom. The van der Waals surface area contributed by atoms with Gasteiger partial charge < -0.3 is 0 Å². The van der Waals surface area contributed by atoms with Gasteiger partial charge in [-0.3, -0.25) is 4.55 Å². The van der Waals surface area contributed by atoms with E-state index in [2.05, 4.69) is 0 Å². The Bertz CT molecular complexity index is 934. The molecule has 0 aromatic heterocycles. The molecule has 0 heterocycles. The van der Waals surface area contributed by atoms with Gasteiger partial charge in [0.25, 0.3) is 10.0 Å². The average Bonchev–Trinajstić information content (AvgIpc) is 2.80. The first-order valence-corrected chi connectivity index (χ1v) is 11.5. The molecule has 0 aromatic rings. The predicted molar refractivity (Wildman–Crippen MR) is 81.8 cm³/mol. The Labute approximate surface area is 156 Å². The van der Waals surface area contributed by atoms with E-state index in [4.69, 9.17) is 4.55 Å². The fourth-order valence-electron chi connectivity index (χ4n) is 6.33. The molecule has 1 spiro atoms. The molecule has 5 unspecified atom stereocenters. The standard InChI is InChI=1S/C14H17F6NO5S2/c15-12(16,14(19,20)28(24,25)26)13(17,18)27(22,23)21-10-3-7-1-8-2-9(5-10)11(8,4-7)6-10/h7-9,21H,1-6H2,(H,24,25,26). The molecule has 0 radical (unpaired) electrons. The first-order valence-electron chi connectivity index (χ1n) is 8.55. The summed E-state index contributed by atoms with van der Waals surface area (Å²) in [5, 5.41) is -13.2. The maximum absolute atomic E-state index is 14.1. The number of hydrogen-bond donors (Lipinski definition) is 2. The van der Waals surface area contributed by atoms with Gasteiger partial charge >= 0.3 is 26.5 Å². The second kappa shape index (κ2) is 5.17. The molecule has 0 saturated heterocycles. The van der Waals surface area contributed by atoms with Crippen LogP contribution in [0.3, 0.4) is 0 Å². The van der Waals surface area contributed by atoms with E-state index < -0.39 is 42.1 Å². The number of nitrogens with one attached hydrogen (secondary N) is 1. The van der Waals surface area contributed by atoms with Crippen LogP contribution in [0.5, 0.6) is 0 Å². The van der Waals surface area contributed by atoms with Crippen LogP contribution in [-0.4, -0.2) is 43.4 Å². The third-order valence-corrected chi connectivity index (χ3v) is 9.75. The molecule has 4 aliphatic carbocycles. The topological polar surface area (TPSA) is 101 Å². The van der Waals surface area contributed by atoms with E-state index in [1.807, 2.05) is 0 Å². The van der Waals surface area contributed by atoms with Crippen LogP contribution in [-0.2, 0) is 20.1 Å². The highest BCUT2D eigenvalue weighted by molar-refractivity contribution is 7.91. The summed E-state index contributed by atoms with van der Waals surface area (Å²) in [6.45, 7) is 0. The normalized spacial score (nSPS) is 40.5. The zero-order valence-corrected chi connectivity index (χ0v) is 15.8. The molecule has 2 N–H and O–H groups in total. The average molecular weight is 457 g/mol. The minimum Gasteiger partial charge on any atom is -0.281 e. The lowest BCUT2D eigenvalue weighted by molar-refractivity contribution is -0.246. The van der Waals surface area contributed by atoms with Gasteiger partial charge in [-0.05, 0) is 61.7 Å². The highest BCUT2D eigenvalue weighted by Gasteiger charge is 2.83. The van der Waals surface area contributed by atoms with Gasteiger partial charge in [0.2, 0.25) is 0 Å². The SMILES string of the molecule is O=S(=O)(O)C(F)(F)C(F)(F)C(F)(F)S(=O)(=O)NC12CC3CC4CC(C1)C4(C3)C2. The summed E-state index contributed by atoms with van der Waals surface area (Å²) in [6, 6.07) is 0. The van der Waals surface area contributed by atoms with Crippen molar-refractivity contribution in [1.29, 1.82) is 0 Å². The zero-order valence-electron chi connectivity index (χ0n) is 14.1. The van der Waals surface area contributed by atoms with Gasteiger partial charge in [0.1, 0.15) is 0 Å². The smallest absolute Gasteiger partial charge is 0.281 e. The molecule has 162 valence electrons. The molecular formula is C14H17F6NO5S2. The van der Waals surface area contributed by atoms with Crippen LogP contribution in [0.25, 0.3) is 0 Å². The summed E-state index contributed by atoms with van der Waals surface area (Å²) in [5.74, 6) is -6.49. The number of hydrogen-bond acceptors (Lipinski definition) is 4. The van der Waals surface area contributed by atoms with Crippen molar-refractivity contribution in [1.82, 2.24) is 4.72 Å². The lowest BCUT2D eigenvalue weighted by Crippen LogP contribution is -2.65. The van der Waals surface area contributed by atoms with Crippen LogP contribution in [0.15, 0.2) is 0 Å². The molecule has 5 atom stereocenters. The quantitative estimate of drug-likeness (QED) is 0.472. The van der Waals surface area contributed by atoms with Crippen molar-refractivity contribution < 1.29 is 47.7 Å². The summed E-state index contributed by atoms with van der Waals surface area (Å²) in [7, 11) is -13.4. The maximum atomic E-state index is 14.1. The molecule has 28 heavy (non-hydrogen) atoms. The van der Waals surface area contributed by atoms with Crippen LogP contribution >= 0.6 is 0 Å². The van der Waals surface area contributed by atoms with Crippen LogP contribution in [0.4, 0.5) is 26.3 Å². The second-order valence-corrected chi connectivity index (χ2v) is 11.9. The third kappa shape index (κ3) is 2.23. The Kier molecular flexibility index (Phi) is 3.82. The Morgan fingerprint density at radius 2 is 1.46 bits per heavy atom. The molecule has 6 nitrogen and oxygen atoms in total. The molecule has 14 heteroatoms. The largest absolute Gasteiger partial charge is 0.439 e. The molecule has 4 rings (SSSR count). The highest BCUT2D eigenvalue weighted by atomic mass is 32.2. The number of halogens is 6. The fourth-order valence-corrected chi connectivity index (χ4v) is 8.25. The second-order valence-electron chi connectivity index (χ2n) is 8.72. The fraction of sp³-hybridized carbons (Fsp3) is 1.00. The third-order valence-electron chi connectivity index (χ3n) is 7.21. The molecule has 3 bridgehead atoms. The van der Waals surface area contributed by atoms with Crippen LogP contribution in [0.2, 0.25) is 0 Å². The van der Waals surface area contributed by atoms with Crippen molar-refractivity contribution >= 4 is 20.1 Å². The van der Waals surface area contributed by atoms with Gasteiger partial charge in [0.15, 0.2) is 0 Å². The number of sulfonamides is 1. The molecule has 4 fully saturated rings. The molecule has 0 aliphatic heterocycles. The van der Waals surface area contributed by atoms with Crippen LogP contribution < -0.4 is 4.72 Å². The van der Waals surface area contributed by atoms with Gasteiger partial charge in [-0.2, -0.15) is 34.8 Å². The van der Waals surface area contributed by atoms with Gasteiger partial charge in [-0.15, -0.1) is 0 Å². The van der Waals surface area contributed by atoms with Crippen LogP contribution in [0.1, 0.15) is 38.5 Å². The van der Waals surface area contributed by atoms with Crippen LogP contribution in [0, 0.1) is 23.2 Å². The molecule has 0 amide bonds. The minimum absolute atomic E-state index is 0.0299. The molecular weight excluding hydrogens is 440 g/mol. The lowest BCUT2D eigenvalue weighted by atomic mass is 9.56. The van der Waals surface area contributed by atoms with E-state index in [9.17, 15) is 43.2 Å². The minimum atomic E-state index is -7.02. The van der Waals surface area contributed by atoms with E-state index in [0.717, 1.165) is 19.3 Å². The van der Waals surface area contributed by atoms with E-state index in [0.29, 0.717) is 5.92 Å². The highest BCUT2D eigenvalue weighted by Crippen LogP contribution is 2.76. The summed E-state index contributed by atoms with van der Waals surface area (Å²) in [4.78, 5) is 0. The predicted octanol–water partition coefficient (Wildman–Crippen LogP) is 2.58. The van der Waals surface area contributed by atoms with E-state index in [1.165, 1.54) is 0 Å². The summed E-state index contributed by atoms with van der Waals surface area (Å²) in [6.07, 6.45) is 2.83. The number of rotatable bonds is 6. The monoisotopic (exact) mass is 457 g/mol. The Morgan fingerprint density at radius 1 is 0.857 bits per heavy atom. The number of alkyl halides is 6. The molecule has 0 aromatic carbocycles. The van der Waals surface area contributed by atoms with Crippen molar-refractivity contribution in [2.24, 2.45) is 23.2 Å². The summed E-state index contributed by atoms with van der Waals surface area (Å²) >= 11 is 0. The van der Waals surface area contributed by atoms with Crippen molar-refractivity contribution in [3.8, 4) is 0 Å². The van der Waals surface area contributed by atoms with Crippen molar-refractivity contribution in [3.63, 3.8) is 0 Å². The first kappa shape index (κ1) is 20.7. The maximum Gasteiger partial charge on any atom is 0.439 e. The van der Waals surface area contributed by atoms with Crippen molar-refractivity contribution in [3.05, 3.63) is 0 Å². The van der Waals surface area contributed by atoms with Gasteiger partial charge in [0, 0.05) is 5.54 Å². The van der Waals surface area contributed by atoms with Crippen molar-refractivity contribution in [2.75, 3.05) is 0 Å². The Hall–Kier alpha value is -0.600. The number of fused-ring (bicyclic) bond motifs is 2. The van der Waals surface area contributed by atoms with Crippen molar-refractivity contribution in [2.45, 2.75) is 60.5 Å². The molecule has 4 aliphatic rings.